The van der Waals surface area contributed by atoms with E-state index in [1.807, 2.05) is 0 Å². The van der Waals surface area contributed by atoms with Gasteiger partial charge in [-0.05, 0) is 45.1 Å². The Morgan fingerprint density at radius 2 is 2.16 bits per heavy atom. The molecule has 3 heterocycles. The standard InChI is InChI=1S/C17H21N5O2S/c23-15(18-11-5-6-11)14-20-16(24-21-14)13-2-1-7-22(13)8-12-9-25-17(19-12)10-3-4-10/h9-11,13H,1-8H2,(H,18,23)/t13-/m0/s1. The Balaban J connectivity index is 1.27. The SMILES string of the molecule is O=C(NC1CC1)c1noc([C@@H]2CCCN2Cc2csc(C3CC3)n2)n1. The van der Waals surface area contributed by atoms with E-state index in [1.165, 1.54) is 17.8 Å². The quantitative estimate of drug-likeness (QED) is 0.853. The second-order valence-electron chi connectivity index (χ2n) is 7.28. The summed E-state index contributed by atoms with van der Waals surface area (Å²) < 4.78 is 5.41. The number of hydrogen-bond acceptors (Lipinski definition) is 7. The highest BCUT2D eigenvalue weighted by Crippen LogP contribution is 2.41. The molecule has 2 aromatic rings. The molecule has 7 nitrogen and oxygen atoms in total. The number of amides is 1. The molecule has 1 N–H and O–H groups in total. The van der Waals surface area contributed by atoms with Gasteiger partial charge >= 0.3 is 0 Å². The molecule has 2 saturated carbocycles. The Morgan fingerprint density at radius 3 is 2.96 bits per heavy atom. The van der Waals surface area contributed by atoms with E-state index < -0.39 is 0 Å². The maximum atomic E-state index is 12.0. The second-order valence-corrected chi connectivity index (χ2v) is 8.17. The van der Waals surface area contributed by atoms with E-state index in [1.54, 1.807) is 11.3 Å². The summed E-state index contributed by atoms with van der Waals surface area (Å²) in [6.07, 6.45) is 6.73. The van der Waals surface area contributed by atoms with Gasteiger partial charge in [-0.1, -0.05) is 5.16 Å². The zero-order valence-corrected chi connectivity index (χ0v) is 14.8. The van der Waals surface area contributed by atoms with Gasteiger partial charge < -0.3 is 9.84 Å². The molecule has 5 rings (SSSR count). The topological polar surface area (TPSA) is 84.2 Å². The predicted octanol–water partition coefficient (Wildman–Crippen LogP) is 2.63. The van der Waals surface area contributed by atoms with Gasteiger partial charge in [0, 0.05) is 23.9 Å². The summed E-state index contributed by atoms with van der Waals surface area (Å²) in [6.45, 7) is 1.80. The lowest BCUT2D eigenvalue weighted by molar-refractivity contribution is 0.0937. The molecule has 3 fully saturated rings. The number of thiazole rings is 1. The van der Waals surface area contributed by atoms with Crippen LogP contribution in [0.2, 0.25) is 0 Å². The molecule has 1 amide bonds. The van der Waals surface area contributed by atoms with E-state index in [4.69, 9.17) is 9.51 Å². The molecule has 2 aromatic heterocycles. The van der Waals surface area contributed by atoms with Crippen LogP contribution in [0.15, 0.2) is 9.90 Å². The Kier molecular flexibility index (Phi) is 3.82. The van der Waals surface area contributed by atoms with Gasteiger partial charge in [0.1, 0.15) is 0 Å². The molecule has 132 valence electrons. The summed E-state index contributed by atoms with van der Waals surface area (Å²) in [5.41, 5.74) is 1.13. The number of nitrogens with zero attached hydrogens (tertiary/aromatic N) is 4. The first kappa shape index (κ1) is 15.5. The van der Waals surface area contributed by atoms with E-state index in [-0.39, 0.29) is 17.8 Å². The van der Waals surface area contributed by atoms with Crippen LogP contribution in [0.3, 0.4) is 0 Å². The molecule has 1 aliphatic heterocycles. The van der Waals surface area contributed by atoms with Crippen molar-refractivity contribution < 1.29 is 9.32 Å². The van der Waals surface area contributed by atoms with Crippen LogP contribution in [0, 0.1) is 0 Å². The minimum atomic E-state index is -0.226. The van der Waals surface area contributed by atoms with Crippen LogP contribution in [-0.2, 0) is 6.54 Å². The fourth-order valence-electron chi connectivity index (χ4n) is 3.36. The van der Waals surface area contributed by atoms with Gasteiger partial charge in [-0.15, -0.1) is 11.3 Å². The first-order valence-corrected chi connectivity index (χ1v) is 9.97. The van der Waals surface area contributed by atoms with Gasteiger partial charge in [0.25, 0.3) is 11.7 Å². The minimum Gasteiger partial charge on any atom is -0.346 e. The second kappa shape index (κ2) is 6.17. The fourth-order valence-corrected chi connectivity index (χ4v) is 4.34. The van der Waals surface area contributed by atoms with Crippen molar-refractivity contribution in [3.8, 4) is 0 Å². The third-order valence-electron chi connectivity index (χ3n) is 5.07. The van der Waals surface area contributed by atoms with Crippen molar-refractivity contribution in [2.45, 2.75) is 63.1 Å². The Bertz CT molecular complexity index is 780. The first-order valence-electron chi connectivity index (χ1n) is 9.09. The van der Waals surface area contributed by atoms with Gasteiger partial charge in [-0.25, -0.2) is 4.98 Å². The fraction of sp³-hybridized carbons (Fsp3) is 0.647. The monoisotopic (exact) mass is 359 g/mol. The molecule has 0 aromatic carbocycles. The van der Waals surface area contributed by atoms with Crippen LogP contribution < -0.4 is 5.32 Å². The third kappa shape index (κ3) is 3.32. The zero-order valence-electron chi connectivity index (χ0n) is 14.0. The molecular weight excluding hydrogens is 338 g/mol. The smallest absolute Gasteiger partial charge is 0.292 e. The Labute approximate surface area is 149 Å². The van der Waals surface area contributed by atoms with Crippen molar-refractivity contribution in [2.75, 3.05) is 6.54 Å². The normalized spacial score (nSPS) is 23.9. The van der Waals surface area contributed by atoms with Crippen molar-refractivity contribution >= 4 is 17.2 Å². The number of likely N-dealkylation sites (tertiary alicyclic amines) is 1. The number of aromatic nitrogens is 3. The van der Waals surface area contributed by atoms with Crippen molar-refractivity contribution in [1.29, 1.82) is 0 Å². The summed E-state index contributed by atoms with van der Waals surface area (Å²) in [5.74, 6) is 1.18. The number of carbonyl (C=O) groups is 1. The lowest BCUT2D eigenvalue weighted by Crippen LogP contribution is -2.27. The van der Waals surface area contributed by atoms with Gasteiger partial charge in [0.2, 0.25) is 5.89 Å². The van der Waals surface area contributed by atoms with E-state index in [9.17, 15) is 4.79 Å². The number of rotatable bonds is 6. The molecule has 25 heavy (non-hydrogen) atoms. The highest BCUT2D eigenvalue weighted by molar-refractivity contribution is 7.09. The van der Waals surface area contributed by atoms with Crippen LogP contribution in [0.1, 0.15) is 77.7 Å². The summed E-state index contributed by atoms with van der Waals surface area (Å²) in [7, 11) is 0. The molecule has 2 aliphatic carbocycles. The van der Waals surface area contributed by atoms with E-state index in [0.717, 1.165) is 44.5 Å². The van der Waals surface area contributed by atoms with Crippen LogP contribution in [0.4, 0.5) is 0 Å². The molecule has 3 aliphatic rings. The van der Waals surface area contributed by atoms with Crippen molar-refractivity contribution in [1.82, 2.24) is 25.3 Å². The molecule has 1 atom stereocenters. The van der Waals surface area contributed by atoms with Gasteiger partial charge in [0.05, 0.1) is 16.7 Å². The molecule has 8 heteroatoms. The van der Waals surface area contributed by atoms with E-state index in [0.29, 0.717) is 17.9 Å². The number of nitrogens with one attached hydrogen (secondary N) is 1. The minimum absolute atomic E-state index is 0.0843. The van der Waals surface area contributed by atoms with E-state index >= 15 is 0 Å². The van der Waals surface area contributed by atoms with Crippen LogP contribution >= 0.6 is 11.3 Å². The summed E-state index contributed by atoms with van der Waals surface area (Å²) in [5, 5.41) is 10.2. The first-order chi connectivity index (χ1) is 12.3. The molecule has 0 spiro atoms. The molecule has 0 bridgehead atoms. The predicted molar refractivity (Wildman–Crippen MR) is 91.3 cm³/mol. The van der Waals surface area contributed by atoms with Crippen LogP contribution in [-0.4, -0.2) is 38.5 Å². The van der Waals surface area contributed by atoms with Gasteiger partial charge in [-0.2, -0.15) is 4.98 Å². The Morgan fingerprint density at radius 1 is 1.28 bits per heavy atom. The summed E-state index contributed by atoms with van der Waals surface area (Å²) in [6, 6.07) is 0.379. The molecule has 1 saturated heterocycles. The van der Waals surface area contributed by atoms with Gasteiger partial charge in [-0.3, -0.25) is 9.69 Å². The summed E-state index contributed by atoms with van der Waals surface area (Å²) >= 11 is 1.78. The maximum absolute atomic E-state index is 12.0. The lowest BCUT2D eigenvalue weighted by Gasteiger charge is -2.20. The summed E-state index contributed by atoms with van der Waals surface area (Å²) in [4.78, 5) is 23.5. The van der Waals surface area contributed by atoms with Gasteiger partial charge in [0.15, 0.2) is 0 Å². The highest BCUT2D eigenvalue weighted by atomic mass is 32.1. The average molecular weight is 359 g/mol. The molecule has 0 radical (unpaired) electrons. The number of hydrogen-bond donors (Lipinski definition) is 1. The highest BCUT2D eigenvalue weighted by Gasteiger charge is 2.33. The average Bonchev–Trinajstić information content (AvgIpc) is 3.46. The largest absolute Gasteiger partial charge is 0.346 e. The number of carbonyl (C=O) groups excluding carboxylic acids is 1. The van der Waals surface area contributed by atoms with Crippen LogP contribution in [0.5, 0.6) is 0 Å². The van der Waals surface area contributed by atoms with Crippen LogP contribution in [0.25, 0.3) is 0 Å². The molecule has 0 unspecified atom stereocenters. The zero-order chi connectivity index (χ0) is 16.8. The van der Waals surface area contributed by atoms with Crippen molar-refractivity contribution in [3.05, 3.63) is 27.8 Å². The molecular formula is C17H21N5O2S. The van der Waals surface area contributed by atoms with Crippen molar-refractivity contribution in [3.63, 3.8) is 0 Å². The Hall–Kier alpha value is -1.80. The third-order valence-corrected chi connectivity index (χ3v) is 6.12. The maximum Gasteiger partial charge on any atom is 0.292 e. The van der Waals surface area contributed by atoms with Crippen molar-refractivity contribution in [2.24, 2.45) is 0 Å². The lowest BCUT2D eigenvalue weighted by atomic mass is 10.2. The van der Waals surface area contributed by atoms with E-state index in [2.05, 4.69) is 25.7 Å².